The Morgan fingerprint density at radius 2 is 1.81 bits per heavy atom. The second kappa shape index (κ2) is 6.06. The van der Waals surface area contributed by atoms with Gasteiger partial charge in [-0.15, -0.1) is 0 Å². The first kappa shape index (κ1) is 14.4. The number of carboxylic acid groups (broad SMARTS) is 2. The maximum absolute atomic E-state index is 11.0. The Labute approximate surface area is 91.6 Å². The molecule has 1 atom stereocenters. The van der Waals surface area contributed by atoms with E-state index in [0.29, 0.717) is 0 Å². The molecule has 0 radical (unpaired) electrons. The second-order valence-electron chi connectivity index (χ2n) is 3.21. The lowest BCUT2D eigenvalue weighted by atomic mass is 9.94. The van der Waals surface area contributed by atoms with Gasteiger partial charge >= 0.3 is 17.9 Å². The van der Waals surface area contributed by atoms with Crippen LogP contribution in [0.3, 0.4) is 0 Å². The first-order valence-corrected chi connectivity index (χ1v) is 4.65. The Balaban J connectivity index is 4.50. The van der Waals surface area contributed by atoms with Gasteiger partial charge < -0.3 is 20.1 Å². The van der Waals surface area contributed by atoms with Crippen molar-refractivity contribution in [1.82, 2.24) is 0 Å². The molecule has 16 heavy (non-hydrogen) atoms. The molecule has 0 spiro atoms. The quantitative estimate of drug-likeness (QED) is 0.513. The third-order valence-corrected chi connectivity index (χ3v) is 1.89. The van der Waals surface area contributed by atoms with Gasteiger partial charge in [0.2, 0.25) is 0 Å². The van der Waals surface area contributed by atoms with Crippen LogP contribution in [0.1, 0.15) is 26.2 Å². The van der Waals surface area contributed by atoms with Crippen LogP contribution >= 0.6 is 0 Å². The van der Waals surface area contributed by atoms with Gasteiger partial charge in [0.15, 0.2) is 5.60 Å². The Bertz CT molecular complexity index is 286. The summed E-state index contributed by atoms with van der Waals surface area (Å²) in [6.07, 6.45) is -1.85. The average Bonchev–Trinajstić information content (AvgIpc) is 2.14. The Morgan fingerprint density at radius 1 is 1.25 bits per heavy atom. The molecule has 0 amide bonds. The van der Waals surface area contributed by atoms with E-state index in [9.17, 15) is 19.5 Å². The van der Waals surface area contributed by atoms with E-state index in [4.69, 9.17) is 10.2 Å². The van der Waals surface area contributed by atoms with E-state index < -0.39 is 42.8 Å². The second-order valence-corrected chi connectivity index (χ2v) is 3.21. The van der Waals surface area contributed by atoms with Gasteiger partial charge in [-0.2, -0.15) is 0 Å². The number of rotatable bonds is 7. The number of carbonyl (C=O) groups excluding carboxylic acids is 1. The average molecular weight is 234 g/mol. The van der Waals surface area contributed by atoms with Crippen LogP contribution in [0.5, 0.6) is 0 Å². The van der Waals surface area contributed by atoms with Gasteiger partial charge in [0.25, 0.3) is 0 Å². The Morgan fingerprint density at radius 3 is 2.19 bits per heavy atom. The highest BCUT2D eigenvalue weighted by atomic mass is 16.5. The zero-order chi connectivity index (χ0) is 12.8. The Hall–Kier alpha value is -1.63. The van der Waals surface area contributed by atoms with Crippen LogP contribution < -0.4 is 0 Å². The van der Waals surface area contributed by atoms with Crippen molar-refractivity contribution in [3.8, 4) is 0 Å². The van der Waals surface area contributed by atoms with E-state index in [1.54, 1.807) is 0 Å². The minimum atomic E-state index is -2.38. The number of ether oxygens (including phenoxy) is 1. The molecule has 7 nitrogen and oxygen atoms in total. The third kappa shape index (κ3) is 4.74. The third-order valence-electron chi connectivity index (χ3n) is 1.89. The molecule has 7 heteroatoms. The molecule has 0 saturated carbocycles. The monoisotopic (exact) mass is 234 g/mol. The van der Waals surface area contributed by atoms with E-state index >= 15 is 0 Å². The van der Waals surface area contributed by atoms with Crippen LogP contribution in [0, 0.1) is 0 Å². The fourth-order valence-electron chi connectivity index (χ4n) is 1.04. The summed E-state index contributed by atoms with van der Waals surface area (Å²) in [6, 6.07) is 0. The number of hydrogen-bond donors (Lipinski definition) is 3. The van der Waals surface area contributed by atoms with Gasteiger partial charge in [0.1, 0.15) is 0 Å². The molecule has 0 fully saturated rings. The number of carbonyl (C=O) groups is 3. The molecule has 92 valence electrons. The zero-order valence-electron chi connectivity index (χ0n) is 8.80. The summed E-state index contributed by atoms with van der Waals surface area (Å²) < 4.78 is 4.48. The molecule has 0 saturated heterocycles. The largest absolute Gasteiger partial charge is 0.481 e. The lowest BCUT2D eigenvalue weighted by Gasteiger charge is -2.21. The Kier molecular flexibility index (Phi) is 5.44. The fraction of sp³-hybridized carbons (Fsp3) is 0.667. The van der Waals surface area contributed by atoms with Crippen LogP contribution in [0.25, 0.3) is 0 Å². The normalized spacial score (nSPS) is 13.9. The van der Waals surface area contributed by atoms with Crippen LogP contribution in [0.2, 0.25) is 0 Å². The van der Waals surface area contributed by atoms with Gasteiger partial charge in [-0.05, 0) is 13.3 Å². The molecule has 0 bridgehead atoms. The summed E-state index contributed by atoms with van der Waals surface area (Å²) in [5, 5.41) is 26.7. The molecule has 0 aliphatic rings. The van der Waals surface area contributed by atoms with Crippen LogP contribution in [-0.2, 0) is 19.1 Å². The van der Waals surface area contributed by atoms with Crippen LogP contribution in [-0.4, -0.2) is 45.4 Å². The lowest BCUT2D eigenvalue weighted by molar-refractivity contribution is -0.168. The highest BCUT2D eigenvalue weighted by Gasteiger charge is 2.39. The van der Waals surface area contributed by atoms with Crippen molar-refractivity contribution in [3.63, 3.8) is 0 Å². The topological polar surface area (TPSA) is 121 Å². The standard InChI is InChI=1S/C9H14O7/c1-2-16-7(12)5-9(15,8(13)14)4-3-6(10)11/h15H,2-5H2,1H3,(H,10,11)(H,13,14). The summed E-state index contributed by atoms with van der Waals surface area (Å²) >= 11 is 0. The minimum absolute atomic E-state index is 0.0630. The molecule has 0 aromatic carbocycles. The van der Waals surface area contributed by atoms with Gasteiger partial charge in [0, 0.05) is 6.42 Å². The van der Waals surface area contributed by atoms with Crippen molar-refractivity contribution in [2.45, 2.75) is 31.8 Å². The van der Waals surface area contributed by atoms with E-state index in [-0.39, 0.29) is 6.61 Å². The number of aliphatic carboxylic acids is 2. The molecular weight excluding hydrogens is 220 g/mol. The molecule has 0 aliphatic carbocycles. The van der Waals surface area contributed by atoms with Crippen molar-refractivity contribution < 1.29 is 34.4 Å². The summed E-state index contributed by atoms with van der Waals surface area (Å²) in [5.41, 5.74) is -2.38. The number of aliphatic hydroxyl groups is 1. The highest BCUT2D eigenvalue weighted by molar-refractivity contribution is 5.84. The maximum atomic E-state index is 11.0. The van der Waals surface area contributed by atoms with Crippen LogP contribution in [0.4, 0.5) is 0 Å². The summed E-state index contributed by atoms with van der Waals surface area (Å²) in [7, 11) is 0. The smallest absolute Gasteiger partial charge is 0.336 e. The van der Waals surface area contributed by atoms with Gasteiger partial charge in [-0.1, -0.05) is 0 Å². The molecule has 0 aliphatic heterocycles. The van der Waals surface area contributed by atoms with Crippen molar-refractivity contribution in [1.29, 1.82) is 0 Å². The number of carboxylic acids is 2. The predicted octanol–water partition coefficient (Wildman–Crippen LogP) is -0.380. The van der Waals surface area contributed by atoms with E-state index in [1.165, 1.54) is 6.92 Å². The zero-order valence-corrected chi connectivity index (χ0v) is 8.80. The molecule has 1 unspecified atom stereocenters. The highest BCUT2D eigenvalue weighted by Crippen LogP contribution is 2.18. The molecule has 0 aromatic rings. The van der Waals surface area contributed by atoms with Crippen molar-refractivity contribution in [3.05, 3.63) is 0 Å². The first-order valence-electron chi connectivity index (χ1n) is 4.65. The van der Waals surface area contributed by atoms with Crippen molar-refractivity contribution >= 4 is 17.9 Å². The first-order chi connectivity index (χ1) is 7.31. The SMILES string of the molecule is CCOC(=O)CC(O)(CCC(=O)O)C(=O)O. The van der Waals surface area contributed by atoms with Gasteiger partial charge in [-0.3, -0.25) is 9.59 Å². The van der Waals surface area contributed by atoms with E-state index in [2.05, 4.69) is 4.74 Å². The number of hydrogen-bond acceptors (Lipinski definition) is 5. The minimum Gasteiger partial charge on any atom is -0.481 e. The van der Waals surface area contributed by atoms with Gasteiger partial charge in [0.05, 0.1) is 13.0 Å². The molecule has 3 N–H and O–H groups in total. The number of esters is 1. The summed E-state index contributed by atoms with van der Waals surface area (Å²) in [4.78, 5) is 32.0. The molecular formula is C9H14O7. The molecule has 0 heterocycles. The van der Waals surface area contributed by atoms with E-state index in [0.717, 1.165) is 0 Å². The summed E-state index contributed by atoms with van der Waals surface area (Å²) in [5.74, 6) is -3.76. The van der Waals surface area contributed by atoms with Crippen molar-refractivity contribution in [2.24, 2.45) is 0 Å². The summed E-state index contributed by atoms with van der Waals surface area (Å²) in [6.45, 7) is 1.60. The van der Waals surface area contributed by atoms with Gasteiger partial charge in [-0.25, -0.2) is 4.79 Å². The van der Waals surface area contributed by atoms with E-state index in [1.807, 2.05) is 0 Å². The van der Waals surface area contributed by atoms with Crippen molar-refractivity contribution in [2.75, 3.05) is 6.61 Å². The van der Waals surface area contributed by atoms with Crippen LogP contribution in [0.15, 0.2) is 0 Å². The molecule has 0 rings (SSSR count). The molecule has 0 aromatic heterocycles. The predicted molar refractivity (Wildman–Crippen MR) is 50.7 cm³/mol. The lowest BCUT2D eigenvalue weighted by Crippen LogP contribution is -2.41. The fourth-order valence-corrected chi connectivity index (χ4v) is 1.04. The maximum Gasteiger partial charge on any atom is 0.336 e.